The molecule has 0 unspecified atom stereocenters. The molecule has 0 aromatic rings. The van der Waals surface area contributed by atoms with Gasteiger partial charge in [0.05, 0.1) is 0 Å². The van der Waals surface area contributed by atoms with E-state index in [-0.39, 0.29) is 9.65 Å². The third-order valence-electron chi connectivity index (χ3n) is 1.72. The maximum atomic E-state index is 10.8. The van der Waals surface area contributed by atoms with E-state index in [1.165, 1.54) is 11.8 Å². The highest BCUT2D eigenvalue weighted by Gasteiger charge is 2.35. The molecule has 78 valence electrons. The third-order valence-corrected chi connectivity index (χ3v) is 3.05. The van der Waals surface area contributed by atoms with Crippen LogP contribution in [0.3, 0.4) is 0 Å². The maximum absolute atomic E-state index is 10.8. The second-order valence-corrected chi connectivity index (χ2v) is 5.36. The molecule has 4 N–H and O–H groups in total. The van der Waals surface area contributed by atoms with Crippen molar-refractivity contribution in [1.29, 1.82) is 0 Å². The highest BCUT2D eigenvalue weighted by Crippen LogP contribution is 2.44. The second kappa shape index (κ2) is 3.53. The Kier molecular flexibility index (Phi) is 2.75. The standard InChI is InChI=1S/C8H12N2O3S/c1-8(2)3-4(10-7(9)13)5(14-8)6(11)12/h3H2,1-2H3,(H,11,12)(H3,9,10,13). The highest BCUT2D eigenvalue weighted by atomic mass is 32.2. The van der Waals surface area contributed by atoms with Crippen molar-refractivity contribution in [1.82, 2.24) is 5.32 Å². The molecule has 1 aliphatic rings. The van der Waals surface area contributed by atoms with Gasteiger partial charge >= 0.3 is 12.0 Å². The van der Waals surface area contributed by atoms with E-state index in [0.717, 1.165) is 0 Å². The minimum absolute atomic E-state index is 0.175. The van der Waals surface area contributed by atoms with Gasteiger partial charge in [-0.05, 0) is 13.8 Å². The Morgan fingerprint density at radius 2 is 2.14 bits per heavy atom. The van der Waals surface area contributed by atoms with Crippen molar-refractivity contribution in [2.45, 2.75) is 25.0 Å². The largest absolute Gasteiger partial charge is 0.477 e. The number of carboxylic acid groups (broad SMARTS) is 1. The molecule has 14 heavy (non-hydrogen) atoms. The zero-order valence-electron chi connectivity index (χ0n) is 7.96. The molecule has 0 aromatic heterocycles. The normalized spacial score (nSPS) is 19.6. The molecule has 0 aromatic carbocycles. The summed E-state index contributed by atoms with van der Waals surface area (Å²) in [4.78, 5) is 21.6. The molecule has 1 heterocycles. The lowest BCUT2D eigenvalue weighted by Crippen LogP contribution is -2.30. The van der Waals surface area contributed by atoms with Gasteiger partial charge < -0.3 is 16.2 Å². The van der Waals surface area contributed by atoms with E-state index in [4.69, 9.17) is 10.8 Å². The van der Waals surface area contributed by atoms with Crippen LogP contribution in [0.15, 0.2) is 10.6 Å². The molecule has 0 spiro atoms. The molecular formula is C8H12N2O3S. The minimum Gasteiger partial charge on any atom is -0.477 e. The summed E-state index contributed by atoms with van der Waals surface area (Å²) in [5, 5.41) is 11.2. The summed E-state index contributed by atoms with van der Waals surface area (Å²) >= 11 is 1.24. The first-order valence-corrected chi connectivity index (χ1v) is 4.85. The van der Waals surface area contributed by atoms with Crippen LogP contribution in [-0.2, 0) is 4.79 Å². The maximum Gasteiger partial charge on any atom is 0.343 e. The van der Waals surface area contributed by atoms with Crippen LogP contribution < -0.4 is 11.1 Å². The molecule has 1 aliphatic heterocycles. The van der Waals surface area contributed by atoms with Gasteiger partial charge in [-0.15, -0.1) is 11.8 Å². The van der Waals surface area contributed by atoms with E-state index in [2.05, 4.69) is 5.32 Å². The zero-order chi connectivity index (χ0) is 10.9. The van der Waals surface area contributed by atoms with Crippen molar-refractivity contribution in [2.24, 2.45) is 5.73 Å². The van der Waals surface area contributed by atoms with Gasteiger partial charge in [0.2, 0.25) is 0 Å². The molecule has 0 radical (unpaired) electrons. The number of carbonyl (C=O) groups is 2. The molecule has 1 rings (SSSR count). The van der Waals surface area contributed by atoms with Gasteiger partial charge in [0.1, 0.15) is 4.91 Å². The number of primary amides is 1. The first-order valence-electron chi connectivity index (χ1n) is 4.04. The Hall–Kier alpha value is -1.17. The van der Waals surface area contributed by atoms with Gasteiger partial charge in [0.25, 0.3) is 0 Å². The number of hydrogen-bond acceptors (Lipinski definition) is 3. The number of carboxylic acids is 1. The fourth-order valence-electron chi connectivity index (χ4n) is 1.30. The lowest BCUT2D eigenvalue weighted by molar-refractivity contribution is -0.131. The predicted molar refractivity (Wildman–Crippen MR) is 53.7 cm³/mol. The van der Waals surface area contributed by atoms with Crippen molar-refractivity contribution < 1.29 is 14.7 Å². The first kappa shape index (κ1) is 10.9. The molecule has 0 saturated carbocycles. The fourth-order valence-corrected chi connectivity index (χ4v) is 2.41. The predicted octanol–water partition coefficient (Wildman–Crippen LogP) is 0.866. The number of amides is 2. The van der Waals surface area contributed by atoms with E-state index in [1.807, 2.05) is 13.8 Å². The van der Waals surface area contributed by atoms with E-state index < -0.39 is 12.0 Å². The Balaban J connectivity index is 2.90. The van der Waals surface area contributed by atoms with Crippen LogP contribution in [0.4, 0.5) is 4.79 Å². The summed E-state index contributed by atoms with van der Waals surface area (Å²) < 4.78 is -0.203. The second-order valence-electron chi connectivity index (χ2n) is 3.64. The van der Waals surface area contributed by atoms with E-state index in [1.54, 1.807) is 0 Å². The van der Waals surface area contributed by atoms with Gasteiger partial charge in [-0.2, -0.15) is 0 Å². The van der Waals surface area contributed by atoms with Crippen LogP contribution in [-0.4, -0.2) is 21.9 Å². The monoisotopic (exact) mass is 216 g/mol. The number of aliphatic carboxylic acids is 1. The fraction of sp³-hybridized carbons (Fsp3) is 0.500. The van der Waals surface area contributed by atoms with Crippen molar-refractivity contribution in [2.75, 3.05) is 0 Å². The smallest absolute Gasteiger partial charge is 0.343 e. The quantitative estimate of drug-likeness (QED) is 0.638. The number of allylic oxidation sites excluding steroid dienone is 1. The van der Waals surface area contributed by atoms with Crippen molar-refractivity contribution in [3.8, 4) is 0 Å². The molecule has 0 bridgehead atoms. The van der Waals surface area contributed by atoms with Crippen LogP contribution in [0, 0.1) is 0 Å². The Labute approximate surface area is 85.7 Å². The average Bonchev–Trinajstić information content (AvgIpc) is 2.24. The molecule has 0 saturated heterocycles. The summed E-state index contributed by atoms with van der Waals surface area (Å²) in [5.41, 5.74) is 5.34. The van der Waals surface area contributed by atoms with Crippen LogP contribution in [0.5, 0.6) is 0 Å². The first-order chi connectivity index (χ1) is 6.32. The van der Waals surface area contributed by atoms with Crippen molar-refractivity contribution in [3.05, 3.63) is 10.6 Å². The van der Waals surface area contributed by atoms with Crippen LogP contribution >= 0.6 is 11.8 Å². The SMILES string of the molecule is CC1(C)CC(NC(N)=O)=C(C(=O)O)S1. The molecule has 0 fully saturated rings. The van der Waals surface area contributed by atoms with Gasteiger partial charge in [-0.1, -0.05) is 0 Å². The minimum atomic E-state index is -1.02. The Bertz CT molecular complexity index is 323. The number of urea groups is 1. The number of nitrogens with one attached hydrogen (secondary N) is 1. The Morgan fingerprint density at radius 3 is 2.57 bits per heavy atom. The van der Waals surface area contributed by atoms with E-state index >= 15 is 0 Å². The van der Waals surface area contributed by atoms with Gasteiger partial charge in [0, 0.05) is 16.9 Å². The van der Waals surface area contributed by atoms with Crippen LogP contribution in [0.25, 0.3) is 0 Å². The molecule has 0 aliphatic carbocycles. The number of carbonyl (C=O) groups excluding carboxylic acids is 1. The zero-order valence-corrected chi connectivity index (χ0v) is 8.77. The van der Waals surface area contributed by atoms with Gasteiger partial charge in [0.15, 0.2) is 0 Å². The summed E-state index contributed by atoms with van der Waals surface area (Å²) in [5.74, 6) is -1.02. The topological polar surface area (TPSA) is 92.4 Å². The third kappa shape index (κ3) is 2.41. The summed E-state index contributed by atoms with van der Waals surface area (Å²) in [7, 11) is 0. The summed E-state index contributed by atoms with van der Waals surface area (Å²) in [6, 6.07) is -0.725. The number of thioether (sulfide) groups is 1. The highest BCUT2D eigenvalue weighted by molar-refractivity contribution is 8.05. The van der Waals surface area contributed by atoms with Crippen LogP contribution in [0.2, 0.25) is 0 Å². The molecular weight excluding hydrogens is 204 g/mol. The summed E-state index contributed by atoms with van der Waals surface area (Å²) in [6.45, 7) is 3.83. The van der Waals surface area contributed by atoms with Crippen molar-refractivity contribution in [3.63, 3.8) is 0 Å². The number of rotatable bonds is 2. The molecule has 5 nitrogen and oxygen atoms in total. The van der Waals surface area contributed by atoms with Gasteiger partial charge in [-0.3, -0.25) is 0 Å². The van der Waals surface area contributed by atoms with E-state index in [0.29, 0.717) is 12.1 Å². The molecule has 0 atom stereocenters. The lowest BCUT2D eigenvalue weighted by Gasteiger charge is -2.15. The molecule has 2 amide bonds. The Morgan fingerprint density at radius 1 is 1.57 bits per heavy atom. The summed E-state index contributed by atoms with van der Waals surface area (Å²) in [6.07, 6.45) is 0.502. The van der Waals surface area contributed by atoms with Crippen LogP contribution in [0.1, 0.15) is 20.3 Å². The number of hydrogen-bond donors (Lipinski definition) is 3. The van der Waals surface area contributed by atoms with Crippen molar-refractivity contribution >= 4 is 23.8 Å². The number of nitrogens with two attached hydrogens (primary N) is 1. The van der Waals surface area contributed by atoms with E-state index in [9.17, 15) is 9.59 Å². The molecule has 6 heteroatoms. The lowest BCUT2D eigenvalue weighted by atomic mass is 10.1. The van der Waals surface area contributed by atoms with Gasteiger partial charge in [-0.25, -0.2) is 9.59 Å². The average molecular weight is 216 g/mol.